The zero-order valence-corrected chi connectivity index (χ0v) is 14.2. The van der Waals surface area contributed by atoms with Crippen molar-refractivity contribution in [2.75, 3.05) is 5.73 Å². The van der Waals surface area contributed by atoms with Gasteiger partial charge in [0.15, 0.2) is 17.0 Å². The number of hydrogen-bond acceptors (Lipinski definition) is 5. The van der Waals surface area contributed by atoms with Gasteiger partial charge in [-0.25, -0.2) is 19.3 Å². The van der Waals surface area contributed by atoms with Crippen molar-refractivity contribution in [3.05, 3.63) is 35.9 Å². The Kier molecular flexibility index (Phi) is 4.38. The molecule has 0 aliphatic rings. The first-order valence-electron chi connectivity index (χ1n) is 7.82. The summed E-state index contributed by atoms with van der Waals surface area (Å²) in [4.78, 5) is 12.9. The smallest absolute Gasteiger partial charge is 0.209 e. The molecule has 3 N–H and O–H groups in total. The molecule has 6 nitrogen and oxygen atoms in total. The second kappa shape index (κ2) is 6.49. The summed E-state index contributed by atoms with van der Waals surface area (Å²) >= 11 is 0. The number of hydrogen-bond donors (Lipinski definition) is 2. The number of aromatic nitrogens is 4. The summed E-state index contributed by atoms with van der Waals surface area (Å²) in [6, 6.07) is 6.13. The number of nitrogen functional groups attached to an aromatic ring is 1. The fourth-order valence-electron chi connectivity index (χ4n) is 2.33. The van der Waals surface area contributed by atoms with Crippen molar-refractivity contribution in [3.63, 3.8) is 0 Å². The molecule has 1 aromatic carbocycles. The maximum absolute atomic E-state index is 13.5. The lowest BCUT2D eigenvalue weighted by molar-refractivity contribution is 0.181. The number of rotatable bonds is 2. The van der Waals surface area contributed by atoms with Gasteiger partial charge in [0.2, 0.25) is 5.82 Å². The fourth-order valence-corrected chi connectivity index (χ4v) is 2.33. The number of nitrogens with zero attached hydrogens (tertiary/aromatic N) is 4. The minimum Gasteiger partial charge on any atom is -0.382 e. The van der Waals surface area contributed by atoms with Crippen LogP contribution in [0.4, 0.5) is 10.2 Å². The topological polar surface area (TPSA) is 89.9 Å². The third kappa shape index (κ3) is 3.30. The Morgan fingerprint density at radius 2 is 2.00 bits per heavy atom. The standard InChI is InChI=1S/C18H18FN5O/c1-10(2)13(25)7-8-14-21-16(20)15-18(22-14)24(3)17(23-15)11-5-4-6-12(19)9-11/h4-6,9-10,13,25H,1-3H3,(H2,20,21,22). The largest absolute Gasteiger partial charge is 0.382 e. The molecule has 0 spiro atoms. The summed E-state index contributed by atoms with van der Waals surface area (Å²) < 4.78 is 15.2. The van der Waals surface area contributed by atoms with Crippen molar-refractivity contribution in [2.24, 2.45) is 13.0 Å². The maximum Gasteiger partial charge on any atom is 0.209 e. The zero-order valence-electron chi connectivity index (χ0n) is 14.2. The summed E-state index contributed by atoms with van der Waals surface area (Å²) in [5.41, 5.74) is 7.52. The molecule has 0 saturated carbocycles. The number of aryl methyl sites for hydroxylation is 1. The van der Waals surface area contributed by atoms with Gasteiger partial charge in [0, 0.05) is 12.6 Å². The molecule has 3 aromatic rings. The van der Waals surface area contributed by atoms with Gasteiger partial charge in [0.1, 0.15) is 17.7 Å². The molecule has 2 aromatic heterocycles. The van der Waals surface area contributed by atoms with Crippen LogP contribution in [0.2, 0.25) is 0 Å². The molecule has 0 bridgehead atoms. The van der Waals surface area contributed by atoms with Gasteiger partial charge in [0.25, 0.3) is 0 Å². The highest BCUT2D eigenvalue weighted by Crippen LogP contribution is 2.25. The van der Waals surface area contributed by atoms with Gasteiger partial charge < -0.3 is 15.4 Å². The van der Waals surface area contributed by atoms with Crippen LogP contribution in [0, 0.1) is 23.6 Å². The second-order valence-corrected chi connectivity index (χ2v) is 6.07. The number of anilines is 1. The van der Waals surface area contributed by atoms with E-state index in [0.717, 1.165) is 0 Å². The minimum absolute atomic E-state index is 0.00450. The van der Waals surface area contributed by atoms with Crippen LogP contribution >= 0.6 is 0 Å². The van der Waals surface area contributed by atoms with Crippen molar-refractivity contribution in [2.45, 2.75) is 20.0 Å². The quantitative estimate of drug-likeness (QED) is 0.698. The molecule has 1 atom stereocenters. The summed E-state index contributed by atoms with van der Waals surface area (Å²) in [5, 5.41) is 9.79. The summed E-state index contributed by atoms with van der Waals surface area (Å²) in [6.45, 7) is 3.73. The number of nitrogens with two attached hydrogens (primary N) is 1. The predicted octanol–water partition coefficient (Wildman–Crippen LogP) is 2.12. The van der Waals surface area contributed by atoms with Crippen LogP contribution in [0.5, 0.6) is 0 Å². The number of aliphatic hydroxyl groups is 1. The number of imidazole rings is 1. The molecule has 1 unspecified atom stereocenters. The molecule has 0 saturated heterocycles. The summed E-state index contributed by atoms with van der Waals surface area (Å²) in [5.74, 6) is 6.02. The van der Waals surface area contributed by atoms with E-state index < -0.39 is 6.10 Å². The molecule has 0 aliphatic carbocycles. The van der Waals surface area contributed by atoms with Crippen LogP contribution in [-0.2, 0) is 7.05 Å². The Morgan fingerprint density at radius 1 is 1.24 bits per heavy atom. The molecule has 0 aliphatic heterocycles. The van der Waals surface area contributed by atoms with Gasteiger partial charge in [-0.05, 0) is 24.0 Å². The molecular weight excluding hydrogens is 321 g/mol. The molecule has 0 fully saturated rings. The SMILES string of the molecule is CC(C)C(O)C#Cc1nc(N)c2nc(-c3cccc(F)c3)n(C)c2n1. The first-order valence-corrected chi connectivity index (χ1v) is 7.82. The van der Waals surface area contributed by atoms with Crippen LogP contribution in [0.1, 0.15) is 19.7 Å². The van der Waals surface area contributed by atoms with Crippen LogP contribution in [-0.4, -0.2) is 30.7 Å². The Hall–Kier alpha value is -2.98. The lowest BCUT2D eigenvalue weighted by atomic mass is 10.1. The first kappa shape index (κ1) is 16.9. The van der Waals surface area contributed by atoms with E-state index in [1.54, 1.807) is 23.7 Å². The molecule has 25 heavy (non-hydrogen) atoms. The summed E-state index contributed by atoms with van der Waals surface area (Å²) in [6.07, 6.45) is -0.769. The molecular formula is C18H18FN5O. The monoisotopic (exact) mass is 339 g/mol. The minimum atomic E-state index is -0.769. The van der Waals surface area contributed by atoms with E-state index in [1.165, 1.54) is 12.1 Å². The van der Waals surface area contributed by atoms with Crippen molar-refractivity contribution in [1.29, 1.82) is 0 Å². The van der Waals surface area contributed by atoms with Crippen LogP contribution in [0.25, 0.3) is 22.6 Å². The van der Waals surface area contributed by atoms with Crippen molar-refractivity contribution < 1.29 is 9.50 Å². The Balaban J connectivity index is 2.11. The fraction of sp³-hybridized carbons (Fsp3) is 0.278. The lowest BCUT2D eigenvalue weighted by Crippen LogP contribution is -2.11. The third-order valence-corrected chi connectivity index (χ3v) is 3.79. The van der Waals surface area contributed by atoms with E-state index in [0.29, 0.717) is 22.6 Å². The van der Waals surface area contributed by atoms with E-state index in [4.69, 9.17) is 5.73 Å². The average Bonchev–Trinajstić information content (AvgIpc) is 2.90. The van der Waals surface area contributed by atoms with Gasteiger partial charge in [0.05, 0.1) is 0 Å². The highest BCUT2D eigenvalue weighted by atomic mass is 19.1. The second-order valence-electron chi connectivity index (χ2n) is 6.07. The van der Waals surface area contributed by atoms with Crippen LogP contribution in [0.15, 0.2) is 24.3 Å². The van der Waals surface area contributed by atoms with E-state index in [9.17, 15) is 9.50 Å². The van der Waals surface area contributed by atoms with Crippen molar-refractivity contribution in [1.82, 2.24) is 19.5 Å². The van der Waals surface area contributed by atoms with Crippen LogP contribution < -0.4 is 5.73 Å². The normalized spacial score (nSPS) is 12.2. The van der Waals surface area contributed by atoms with E-state index in [-0.39, 0.29) is 23.4 Å². The highest BCUT2D eigenvalue weighted by molar-refractivity contribution is 5.85. The van der Waals surface area contributed by atoms with Crippen molar-refractivity contribution in [3.8, 4) is 23.2 Å². The predicted molar refractivity (Wildman–Crippen MR) is 93.8 cm³/mol. The Bertz CT molecular complexity index is 1000. The molecule has 128 valence electrons. The average molecular weight is 339 g/mol. The van der Waals surface area contributed by atoms with E-state index in [1.807, 2.05) is 13.8 Å². The zero-order chi connectivity index (χ0) is 18.1. The van der Waals surface area contributed by atoms with Gasteiger partial charge in [-0.15, -0.1) is 0 Å². The van der Waals surface area contributed by atoms with Gasteiger partial charge >= 0.3 is 0 Å². The maximum atomic E-state index is 13.5. The van der Waals surface area contributed by atoms with Gasteiger partial charge in [-0.2, -0.15) is 0 Å². The highest BCUT2D eigenvalue weighted by Gasteiger charge is 2.15. The Morgan fingerprint density at radius 3 is 2.68 bits per heavy atom. The molecule has 0 amide bonds. The van der Waals surface area contributed by atoms with Gasteiger partial charge in [-0.1, -0.05) is 31.9 Å². The first-order chi connectivity index (χ1) is 11.9. The number of halogens is 1. The molecule has 7 heteroatoms. The molecule has 2 heterocycles. The van der Waals surface area contributed by atoms with E-state index >= 15 is 0 Å². The Labute approximate surface area is 144 Å². The number of fused-ring (bicyclic) bond motifs is 1. The number of aliphatic hydroxyl groups excluding tert-OH is 1. The third-order valence-electron chi connectivity index (χ3n) is 3.79. The molecule has 0 radical (unpaired) electrons. The van der Waals surface area contributed by atoms with Crippen molar-refractivity contribution >= 4 is 17.0 Å². The lowest BCUT2D eigenvalue weighted by Gasteiger charge is -2.05. The van der Waals surface area contributed by atoms with Gasteiger partial charge in [-0.3, -0.25) is 0 Å². The summed E-state index contributed by atoms with van der Waals surface area (Å²) in [7, 11) is 1.77. The number of benzene rings is 1. The van der Waals surface area contributed by atoms with Crippen LogP contribution in [0.3, 0.4) is 0 Å². The molecule has 3 rings (SSSR count). The van der Waals surface area contributed by atoms with E-state index in [2.05, 4.69) is 26.8 Å².